The van der Waals surface area contributed by atoms with Crippen molar-refractivity contribution in [3.05, 3.63) is 35.6 Å². The smallest absolute Gasteiger partial charge is 0.189 e. The molecule has 0 saturated carbocycles. The maximum Gasteiger partial charge on any atom is 0.189 e. The second kappa shape index (κ2) is 8.14. The van der Waals surface area contributed by atoms with Gasteiger partial charge in [-0.25, -0.2) is 4.99 Å². The quantitative estimate of drug-likeness (QED) is 0.357. The van der Waals surface area contributed by atoms with Gasteiger partial charge in [0.25, 0.3) is 0 Å². The summed E-state index contributed by atoms with van der Waals surface area (Å²) in [5.74, 6) is 1.36. The van der Waals surface area contributed by atoms with Gasteiger partial charge in [0.2, 0.25) is 0 Å². The van der Waals surface area contributed by atoms with Crippen molar-refractivity contribution in [1.29, 1.82) is 0 Å². The van der Waals surface area contributed by atoms with Gasteiger partial charge in [-0.1, -0.05) is 31.5 Å². The Morgan fingerprint density at radius 1 is 1.35 bits per heavy atom. The van der Waals surface area contributed by atoms with Gasteiger partial charge in [0, 0.05) is 17.5 Å². The maximum absolute atomic E-state index is 5.80. The summed E-state index contributed by atoms with van der Waals surface area (Å²) in [4.78, 5) is 4.31. The van der Waals surface area contributed by atoms with E-state index in [0.29, 0.717) is 12.5 Å². The van der Waals surface area contributed by atoms with Crippen molar-refractivity contribution < 1.29 is 4.42 Å². The zero-order valence-electron chi connectivity index (χ0n) is 12.0. The third-order valence-corrected chi connectivity index (χ3v) is 3.17. The molecular weight excluding hydrogens is 365 g/mol. The minimum absolute atomic E-state index is 0. The molecule has 110 valence electrons. The first-order valence-electron chi connectivity index (χ1n) is 6.73. The molecule has 1 aromatic heterocycles. The number of furan rings is 1. The van der Waals surface area contributed by atoms with Gasteiger partial charge in [0.1, 0.15) is 17.9 Å². The highest BCUT2D eigenvalue weighted by molar-refractivity contribution is 14.0. The SMILES string of the molecule is CCCCNC(N)=NCc1oc2ccccc2c1C.I. The average molecular weight is 387 g/mol. The first-order valence-corrected chi connectivity index (χ1v) is 6.73. The molecule has 0 bridgehead atoms. The van der Waals surface area contributed by atoms with E-state index in [9.17, 15) is 0 Å². The molecule has 0 fully saturated rings. The number of guanidine groups is 1. The molecule has 2 aromatic rings. The molecule has 2 rings (SSSR count). The number of nitrogens with zero attached hydrogens (tertiary/aromatic N) is 1. The van der Waals surface area contributed by atoms with Crippen molar-refractivity contribution in [2.45, 2.75) is 33.2 Å². The summed E-state index contributed by atoms with van der Waals surface area (Å²) < 4.78 is 5.78. The van der Waals surface area contributed by atoms with Crippen LogP contribution >= 0.6 is 24.0 Å². The molecule has 0 saturated heterocycles. The molecule has 0 radical (unpaired) electrons. The highest BCUT2D eigenvalue weighted by Gasteiger charge is 2.08. The third-order valence-electron chi connectivity index (χ3n) is 3.17. The lowest BCUT2D eigenvalue weighted by atomic mass is 10.1. The molecule has 0 aliphatic heterocycles. The van der Waals surface area contributed by atoms with E-state index in [-0.39, 0.29) is 24.0 Å². The van der Waals surface area contributed by atoms with Gasteiger partial charge in [-0.05, 0) is 19.4 Å². The number of hydrogen-bond acceptors (Lipinski definition) is 2. The topological polar surface area (TPSA) is 63.5 Å². The van der Waals surface area contributed by atoms with Crippen LogP contribution in [0.4, 0.5) is 0 Å². The number of rotatable bonds is 5. The molecule has 3 N–H and O–H groups in total. The molecule has 20 heavy (non-hydrogen) atoms. The molecule has 1 aromatic carbocycles. The van der Waals surface area contributed by atoms with Crippen molar-refractivity contribution in [3.63, 3.8) is 0 Å². The van der Waals surface area contributed by atoms with Crippen molar-refractivity contribution in [2.75, 3.05) is 6.54 Å². The predicted octanol–water partition coefficient (Wildman–Crippen LogP) is 3.56. The Morgan fingerprint density at radius 3 is 2.80 bits per heavy atom. The van der Waals surface area contributed by atoms with E-state index in [4.69, 9.17) is 10.2 Å². The Bertz CT molecular complexity index is 578. The third kappa shape index (κ3) is 4.13. The first-order chi connectivity index (χ1) is 9.22. The van der Waals surface area contributed by atoms with E-state index < -0.39 is 0 Å². The Balaban J connectivity index is 0.00000200. The van der Waals surface area contributed by atoms with E-state index >= 15 is 0 Å². The molecule has 0 spiro atoms. The van der Waals surface area contributed by atoms with Crippen molar-refractivity contribution >= 4 is 40.9 Å². The number of aliphatic imine (C=N–C) groups is 1. The summed E-state index contributed by atoms with van der Waals surface area (Å²) in [6, 6.07) is 8.01. The van der Waals surface area contributed by atoms with E-state index in [1.54, 1.807) is 0 Å². The predicted molar refractivity (Wildman–Crippen MR) is 94.6 cm³/mol. The Morgan fingerprint density at radius 2 is 2.10 bits per heavy atom. The zero-order valence-corrected chi connectivity index (χ0v) is 14.3. The lowest BCUT2D eigenvalue weighted by molar-refractivity contribution is 0.548. The van der Waals surface area contributed by atoms with Crippen LogP contribution in [-0.4, -0.2) is 12.5 Å². The number of hydrogen-bond donors (Lipinski definition) is 2. The van der Waals surface area contributed by atoms with Crippen LogP contribution in [0.3, 0.4) is 0 Å². The molecular formula is C15H22IN3O. The number of nitrogens with two attached hydrogens (primary N) is 1. The number of benzene rings is 1. The second-order valence-corrected chi connectivity index (χ2v) is 4.63. The summed E-state index contributed by atoms with van der Waals surface area (Å²) >= 11 is 0. The van der Waals surface area contributed by atoms with Crippen LogP contribution in [-0.2, 0) is 6.54 Å². The number of fused-ring (bicyclic) bond motifs is 1. The molecule has 0 amide bonds. The second-order valence-electron chi connectivity index (χ2n) is 4.63. The number of para-hydroxylation sites is 1. The fourth-order valence-corrected chi connectivity index (χ4v) is 1.98. The van der Waals surface area contributed by atoms with E-state index in [2.05, 4.69) is 30.2 Å². The van der Waals surface area contributed by atoms with Crippen molar-refractivity contribution in [3.8, 4) is 0 Å². The molecule has 0 atom stereocenters. The van der Waals surface area contributed by atoms with Gasteiger partial charge in [0.05, 0.1) is 0 Å². The summed E-state index contributed by atoms with van der Waals surface area (Å²) in [7, 11) is 0. The van der Waals surface area contributed by atoms with Crippen LogP contribution in [0.2, 0.25) is 0 Å². The van der Waals surface area contributed by atoms with Crippen LogP contribution in [0.1, 0.15) is 31.1 Å². The zero-order chi connectivity index (χ0) is 13.7. The molecule has 0 unspecified atom stereocenters. The largest absolute Gasteiger partial charge is 0.459 e. The lowest BCUT2D eigenvalue weighted by Crippen LogP contribution is -2.32. The Hall–Kier alpha value is -1.24. The first kappa shape index (κ1) is 16.8. The van der Waals surface area contributed by atoms with E-state index in [1.807, 2.05) is 18.2 Å². The summed E-state index contributed by atoms with van der Waals surface area (Å²) in [5.41, 5.74) is 7.85. The Kier molecular flexibility index (Phi) is 6.84. The van der Waals surface area contributed by atoms with Crippen LogP contribution in [0.25, 0.3) is 11.0 Å². The highest BCUT2D eigenvalue weighted by Crippen LogP contribution is 2.25. The summed E-state index contributed by atoms with van der Waals surface area (Å²) in [6.45, 7) is 5.54. The monoisotopic (exact) mass is 387 g/mol. The van der Waals surface area contributed by atoms with Crippen LogP contribution in [0, 0.1) is 6.92 Å². The van der Waals surface area contributed by atoms with Crippen molar-refractivity contribution in [1.82, 2.24) is 5.32 Å². The van der Waals surface area contributed by atoms with E-state index in [0.717, 1.165) is 41.7 Å². The Labute approximate surface area is 136 Å². The van der Waals surface area contributed by atoms with Gasteiger partial charge < -0.3 is 15.5 Å². The number of nitrogens with one attached hydrogen (secondary N) is 1. The average Bonchev–Trinajstić information content (AvgIpc) is 2.74. The van der Waals surface area contributed by atoms with Crippen LogP contribution < -0.4 is 11.1 Å². The molecule has 0 aliphatic rings. The van der Waals surface area contributed by atoms with Crippen LogP contribution in [0.15, 0.2) is 33.7 Å². The van der Waals surface area contributed by atoms with E-state index in [1.165, 1.54) is 0 Å². The van der Waals surface area contributed by atoms with Gasteiger partial charge in [0.15, 0.2) is 5.96 Å². The molecule has 1 heterocycles. The molecule has 5 heteroatoms. The fourth-order valence-electron chi connectivity index (χ4n) is 1.98. The van der Waals surface area contributed by atoms with Gasteiger partial charge in [-0.2, -0.15) is 0 Å². The fraction of sp³-hybridized carbons (Fsp3) is 0.400. The summed E-state index contributed by atoms with van der Waals surface area (Å²) in [5, 5.41) is 4.24. The maximum atomic E-state index is 5.80. The minimum Gasteiger partial charge on any atom is -0.459 e. The molecule has 4 nitrogen and oxygen atoms in total. The standard InChI is InChI=1S/C15H21N3O.HI/c1-3-4-9-17-15(16)18-10-14-11(2)12-7-5-6-8-13(12)19-14;/h5-8H,3-4,9-10H2,1-2H3,(H3,16,17,18);1H. The van der Waals surface area contributed by atoms with Gasteiger partial charge in [-0.3, -0.25) is 0 Å². The number of aryl methyl sites for hydroxylation is 1. The van der Waals surface area contributed by atoms with Crippen LogP contribution in [0.5, 0.6) is 0 Å². The van der Waals surface area contributed by atoms with Gasteiger partial charge in [-0.15, -0.1) is 24.0 Å². The normalized spacial score (nSPS) is 11.4. The number of unbranched alkanes of at least 4 members (excludes halogenated alkanes) is 1. The van der Waals surface area contributed by atoms with Gasteiger partial charge >= 0.3 is 0 Å². The lowest BCUT2D eigenvalue weighted by Gasteiger charge is -2.03. The highest BCUT2D eigenvalue weighted by atomic mass is 127. The minimum atomic E-state index is 0. The molecule has 0 aliphatic carbocycles. The van der Waals surface area contributed by atoms with Crippen molar-refractivity contribution in [2.24, 2.45) is 10.7 Å². The number of halogens is 1. The summed E-state index contributed by atoms with van der Waals surface area (Å²) in [6.07, 6.45) is 2.24.